The maximum atomic E-state index is 12.0. The van der Waals surface area contributed by atoms with Gasteiger partial charge in [-0.05, 0) is 43.6 Å². The number of carbonyl (C=O) groups excluding carboxylic acids is 1. The molecule has 2 aliphatic rings. The number of nitrogens with one attached hydrogen (secondary N) is 2. The van der Waals surface area contributed by atoms with E-state index >= 15 is 0 Å². The molecule has 0 bridgehead atoms. The van der Waals surface area contributed by atoms with E-state index in [4.69, 9.17) is 0 Å². The van der Waals surface area contributed by atoms with Gasteiger partial charge in [-0.2, -0.15) is 0 Å². The Morgan fingerprint density at radius 3 is 2.67 bits per heavy atom. The van der Waals surface area contributed by atoms with Gasteiger partial charge in [-0.3, -0.25) is 4.98 Å². The summed E-state index contributed by atoms with van der Waals surface area (Å²) in [4.78, 5) is 18.1. The lowest BCUT2D eigenvalue weighted by molar-refractivity contribution is 0.157. The number of urea groups is 1. The molecule has 18 heavy (non-hydrogen) atoms. The van der Waals surface area contributed by atoms with Crippen molar-refractivity contribution in [3.63, 3.8) is 0 Å². The predicted octanol–water partition coefficient (Wildman–Crippen LogP) is 0.900. The highest BCUT2D eigenvalue weighted by Crippen LogP contribution is 2.29. The molecule has 0 aromatic carbocycles. The van der Waals surface area contributed by atoms with Crippen molar-refractivity contribution in [1.29, 1.82) is 0 Å². The second-order valence-corrected chi connectivity index (χ2v) is 4.87. The van der Waals surface area contributed by atoms with Crippen LogP contribution in [0.4, 0.5) is 4.79 Å². The number of pyridine rings is 1. The lowest BCUT2D eigenvalue weighted by Crippen LogP contribution is -2.45. The summed E-state index contributed by atoms with van der Waals surface area (Å²) in [6.45, 7) is 2.70. The zero-order chi connectivity index (χ0) is 12.4. The van der Waals surface area contributed by atoms with Crippen molar-refractivity contribution in [2.24, 2.45) is 0 Å². The highest BCUT2D eigenvalue weighted by Gasteiger charge is 2.37. The van der Waals surface area contributed by atoms with E-state index in [-0.39, 0.29) is 12.1 Å². The number of rotatable bonds is 2. The van der Waals surface area contributed by atoms with Crippen LogP contribution in [-0.2, 0) is 0 Å². The zero-order valence-electron chi connectivity index (χ0n) is 10.3. The Morgan fingerprint density at radius 2 is 1.94 bits per heavy atom. The molecule has 2 saturated heterocycles. The summed E-state index contributed by atoms with van der Waals surface area (Å²) >= 11 is 0. The summed E-state index contributed by atoms with van der Waals surface area (Å²) in [5, 5.41) is 6.30. The summed E-state index contributed by atoms with van der Waals surface area (Å²) in [6.07, 6.45) is 5.65. The first kappa shape index (κ1) is 11.5. The van der Waals surface area contributed by atoms with Gasteiger partial charge in [0.15, 0.2) is 0 Å². The largest absolute Gasteiger partial charge is 0.336 e. The first-order chi connectivity index (χ1) is 8.86. The summed E-state index contributed by atoms with van der Waals surface area (Å²) in [6, 6.07) is 4.58. The zero-order valence-corrected chi connectivity index (χ0v) is 10.3. The summed E-state index contributed by atoms with van der Waals surface area (Å²) in [7, 11) is 0. The van der Waals surface area contributed by atoms with E-state index in [2.05, 4.69) is 15.6 Å². The molecule has 0 aliphatic carbocycles. The number of hydrogen-bond acceptors (Lipinski definition) is 3. The van der Waals surface area contributed by atoms with Gasteiger partial charge in [0, 0.05) is 25.0 Å². The van der Waals surface area contributed by atoms with Crippen LogP contribution in [0.2, 0.25) is 0 Å². The fraction of sp³-hybridized carbons (Fsp3) is 0.538. The van der Waals surface area contributed by atoms with E-state index in [9.17, 15) is 4.79 Å². The van der Waals surface area contributed by atoms with Crippen LogP contribution in [-0.4, -0.2) is 41.6 Å². The molecule has 2 amide bonds. The highest BCUT2D eigenvalue weighted by molar-refractivity contribution is 5.77. The number of amides is 2. The quantitative estimate of drug-likeness (QED) is 0.815. The van der Waals surface area contributed by atoms with E-state index in [1.54, 1.807) is 12.4 Å². The topological polar surface area (TPSA) is 57.3 Å². The highest BCUT2D eigenvalue weighted by atomic mass is 16.2. The molecular weight excluding hydrogens is 228 g/mol. The van der Waals surface area contributed by atoms with E-state index in [1.807, 2.05) is 17.0 Å². The third kappa shape index (κ3) is 2.06. The van der Waals surface area contributed by atoms with Gasteiger partial charge in [0.1, 0.15) is 0 Å². The first-order valence-electron chi connectivity index (χ1n) is 6.53. The van der Waals surface area contributed by atoms with Crippen molar-refractivity contribution in [2.45, 2.75) is 24.9 Å². The van der Waals surface area contributed by atoms with Crippen LogP contribution < -0.4 is 10.6 Å². The number of carbonyl (C=O) groups is 1. The average Bonchev–Trinajstić information content (AvgIpc) is 2.83. The summed E-state index contributed by atoms with van der Waals surface area (Å²) < 4.78 is 0. The molecule has 3 heterocycles. The van der Waals surface area contributed by atoms with Crippen molar-refractivity contribution in [3.05, 3.63) is 30.1 Å². The smallest absolute Gasteiger partial charge is 0.318 e. The third-order valence-corrected chi connectivity index (χ3v) is 3.81. The molecule has 3 rings (SSSR count). The molecule has 0 radical (unpaired) electrons. The molecule has 1 atom stereocenters. The van der Waals surface area contributed by atoms with E-state index in [0.717, 1.165) is 25.9 Å². The molecule has 0 spiro atoms. The van der Waals surface area contributed by atoms with Crippen molar-refractivity contribution < 1.29 is 4.79 Å². The van der Waals surface area contributed by atoms with Crippen molar-refractivity contribution >= 4 is 6.03 Å². The van der Waals surface area contributed by atoms with Gasteiger partial charge in [-0.25, -0.2) is 4.79 Å². The number of hydrogen-bond donors (Lipinski definition) is 2. The molecule has 1 aromatic heterocycles. The number of nitrogens with zero attached hydrogens (tertiary/aromatic N) is 2. The lowest BCUT2D eigenvalue weighted by Gasteiger charge is -2.34. The number of piperidine rings is 1. The van der Waals surface area contributed by atoms with Crippen LogP contribution in [0.15, 0.2) is 24.5 Å². The first-order valence-corrected chi connectivity index (χ1v) is 6.53. The molecule has 2 aliphatic heterocycles. The van der Waals surface area contributed by atoms with Gasteiger partial charge < -0.3 is 15.5 Å². The second kappa shape index (κ2) is 4.94. The Balaban J connectivity index is 1.83. The van der Waals surface area contributed by atoms with Crippen LogP contribution in [0.3, 0.4) is 0 Å². The third-order valence-electron chi connectivity index (χ3n) is 3.81. The van der Waals surface area contributed by atoms with Crippen LogP contribution in [0.25, 0.3) is 0 Å². The maximum absolute atomic E-state index is 12.0. The van der Waals surface area contributed by atoms with E-state index in [1.165, 1.54) is 5.56 Å². The van der Waals surface area contributed by atoms with Gasteiger partial charge in [-0.1, -0.05) is 0 Å². The lowest BCUT2D eigenvalue weighted by atomic mass is 10.0. The Kier molecular flexibility index (Phi) is 3.15. The Labute approximate surface area is 107 Å². The van der Waals surface area contributed by atoms with Crippen molar-refractivity contribution in [2.75, 3.05) is 19.6 Å². The normalized spacial score (nSPS) is 25.2. The van der Waals surface area contributed by atoms with E-state index < -0.39 is 0 Å². The van der Waals surface area contributed by atoms with E-state index in [0.29, 0.717) is 12.6 Å². The maximum Gasteiger partial charge on any atom is 0.318 e. The number of aromatic nitrogens is 1. The average molecular weight is 246 g/mol. The standard InChI is InChI=1S/C13H18N4O/c18-13-16-9-12(10-1-5-14-6-2-10)17(13)11-3-7-15-8-4-11/h1-2,5-6,11-12,15H,3-4,7-9H2,(H,16,18). The Bertz CT molecular complexity index is 416. The monoisotopic (exact) mass is 246 g/mol. The van der Waals surface area contributed by atoms with Gasteiger partial charge in [0.2, 0.25) is 0 Å². The SMILES string of the molecule is O=C1NCC(c2ccncc2)N1C1CCNCC1. The van der Waals surface area contributed by atoms with Crippen molar-refractivity contribution in [3.8, 4) is 0 Å². The molecule has 1 aromatic rings. The Hall–Kier alpha value is -1.62. The van der Waals surface area contributed by atoms with Crippen LogP contribution in [0, 0.1) is 0 Å². The fourth-order valence-electron chi connectivity index (χ4n) is 2.88. The van der Waals surface area contributed by atoms with Crippen LogP contribution in [0.5, 0.6) is 0 Å². The molecule has 96 valence electrons. The molecule has 1 unspecified atom stereocenters. The second-order valence-electron chi connectivity index (χ2n) is 4.87. The van der Waals surface area contributed by atoms with Crippen LogP contribution >= 0.6 is 0 Å². The summed E-state index contributed by atoms with van der Waals surface area (Å²) in [5.74, 6) is 0. The minimum absolute atomic E-state index is 0.0729. The molecule has 5 nitrogen and oxygen atoms in total. The minimum Gasteiger partial charge on any atom is -0.336 e. The minimum atomic E-state index is 0.0729. The summed E-state index contributed by atoms with van der Waals surface area (Å²) in [5.41, 5.74) is 1.17. The molecule has 2 N–H and O–H groups in total. The molecular formula is C13H18N4O. The fourth-order valence-corrected chi connectivity index (χ4v) is 2.88. The molecule has 2 fully saturated rings. The van der Waals surface area contributed by atoms with Gasteiger partial charge in [-0.15, -0.1) is 0 Å². The predicted molar refractivity (Wildman–Crippen MR) is 68.1 cm³/mol. The van der Waals surface area contributed by atoms with Gasteiger partial charge in [0.25, 0.3) is 0 Å². The van der Waals surface area contributed by atoms with Crippen LogP contribution in [0.1, 0.15) is 24.4 Å². The van der Waals surface area contributed by atoms with Gasteiger partial charge >= 0.3 is 6.03 Å². The van der Waals surface area contributed by atoms with Crippen molar-refractivity contribution in [1.82, 2.24) is 20.5 Å². The Morgan fingerprint density at radius 1 is 1.22 bits per heavy atom. The molecule has 5 heteroatoms. The molecule has 0 saturated carbocycles. The van der Waals surface area contributed by atoms with Gasteiger partial charge in [0.05, 0.1) is 6.04 Å².